The smallest absolute Gasteiger partial charge is 0.246 e. The quantitative estimate of drug-likeness (QED) is 0.670. The van der Waals surface area contributed by atoms with E-state index in [-0.39, 0.29) is 31.0 Å². The van der Waals surface area contributed by atoms with Crippen molar-refractivity contribution in [3.8, 4) is 0 Å². The minimum atomic E-state index is -0.0424. The van der Waals surface area contributed by atoms with Crippen molar-refractivity contribution in [2.45, 2.75) is 25.8 Å². The number of methoxy groups -OCH3 is 1. The van der Waals surface area contributed by atoms with E-state index in [9.17, 15) is 4.79 Å². The molecule has 2 atom stereocenters. The fourth-order valence-corrected chi connectivity index (χ4v) is 2.03. The van der Waals surface area contributed by atoms with Gasteiger partial charge in [0, 0.05) is 13.2 Å². The Kier molecular flexibility index (Phi) is 10.3. The molecule has 0 aromatic heterocycles. The van der Waals surface area contributed by atoms with Crippen LogP contribution in [0.15, 0.2) is 0 Å². The molecular weight excluding hydrogens is 256 g/mol. The van der Waals surface area contributed by atoms with Gasteiger partial charge in [0.15, 0.2) is 0 Å². The molecule has 5 nitrogen and oxygen atoms in total. The Labute approximate surface area is 115 Å². The van der Waals surface area contributed by atoms with Gasteiger partial charge in [0.25, 0.3) is 0 Å². The topological polar surface area (TPSA) is 59.6 Å². The van der Waals surface area contributed by atoms with Crippen LogP contribution in [-0.4, -0.2) is 52.0 Å². The van der Waals surface area contributed by atoms with Gasteiger partial charge in [-0.3, -0.25) is 4.79 Å². The van der Waals surface area contributed by atoms with Crippen LogP contribution in [0.2, 0.25) is 0 Å². The third-order valence-electron chi connectivity index (χ3n) is 3.10. The number of halogens is 1. The molecule has 1 aliphatic rings. The Morgan fingerprint density at radius 3 is 2.89 bits per heavy atom. The van der Waals surface area contributed by atoms with Crippen LogP contribution in [0.1, 0.15) is 19.8 Å². The van der Waals surface area contributed by atoms with Gasteiger partial charge in [0.2, 0.25) is 5.91 Å². The summed E-state index contributed by atoms with van der Waals surface area (Å²) in [5.41, 5.74) is 0. The number of rotatable bonds is 7. The van der Waals surface area contributed by atoms with E-state index in [1.54, 1.807) is 7.11 Å². The van der Waals surface area contributed by atoms with Crippen LogP contribution >= 0.6 is 12.4 Å². The predicted octanol–water partition coefficient (Wildman–Crippen LogP) is 0.576. The number of hydrogen-bond acceptors (Lipinski definition) is 4. The highest BCUT2D eigenvalue weighted by Gasteiger charge is 2.20. The van der Waals surface area contributed by atoms with Gasteiger partial charge in [-0.2, -0.15) is 0 Å². The fraction of sp³-hybridized carbons (Fsp3) is 0.917. The van der Waals surface area contributed by atoms with E-state index in [0.29, 0.717) is 19.1 Å². The van der Waals surface area contributed by atoms with Crippen LogP contribution in [0, 0.1) is 5.92 Å². The minimum absolute atomic E-state index is 0. The molecule has 1 rings (SSSR count). The zero-order valence-corrected chi connectivity index (χ0v) is 12.1. The van der Waals surface area contributed by atoms with Crippen molar-refractivity contribution in [1.82, 2.24) is 10.6 Å². The lowest BCUT2D eigenvalue weighted by Gasteiger charge is -2.28. The molecule has 108 valence electrons. The molecule has 1 aliphatic heterocycles. The molecule has 2 N–H and O–H groups in total. The number of nitrogens with one attached hydrogen (secondary N) is 2. The summed E-state index contributed by atoms with van der Waals surface area (Å²) in [6.45, 7) is 5.25. The first-order chi connectivity index (χ1) is 8.24. The molecular formula is C12H25ClN2O3. The van der Waals surface area contributed by atoms with Gasteiger partial charge in [-0.1, -0.05) is 0 Å². The largest absolute Gasteiger partial charge is 0.382 e. The molecule has 0 aromatic rings. The second kappa shape index (κ2) is 10.6. The van der Waals surface area contributed by atoms with Crippen LogP contribution in [0.4, 0.5) is 0 Å². The van der Waals surface area contributed by atoms with E-state index in [2.05, 4.69) is 17.6 Å². The Hall–Kier alpha value is -0.360. The van der Waals surface area contributed by atoms with E-state index in [0.717, 1.165) is 13.1 Å². The normalized spacial score (nSPS) is 20.9. The Morgan fingerprint density at radius 2 is 2.28 bits per heavy atom. The highest BCUT2D eigenvalue weighted by atomic mass is 35.5. The lowest BCUT2D eigenvalue weighted by atomic mass is 9.93. The summed E-state index contributed by atoms with van der Waals surface area (Å²) in [5.74, 6) is 0.492. The van der Waals surface area contributed by atoms with Crippen molar-refractivity contribution >= 4 is 18.3 Å². The van der Waals surface area contributed by atoms with Crippen LogP contribution in [0.5, 0.6) is 0 Å². The lowest BCUT2D eigenvalue weighted by Crippen LogP contribution is -2.45. The molecule has 0 saturated carbocycles. The lowest BCUT2D eigenvalue weighted by molar-refractivity contribution is -0.127. The van der Waals surface area contributed by atoms with Gasteiger partial charge in [0.1, 0.15) is 6.61 Å². The van der Waals surface area contributed by atoms with Gasteiger partial charge >= 0.3 is 0 Å². The number of ether oxygens (including phenoxy) is 2. The third kappa shape index (κ3) is 7.16. The maximum Gasteiger partial charge on any atom is 0.246 e. The standard InChI is InChI=1S/C12H24N2O3.ClH/c1-10(11-4-3-5-13-8-11)14-12(15)9-17-7-6-16-2;/h10-11,13H,3-9H2,1-2H3,(H,14,15);1H. The zero-order valence-electron chi connectivity index (χ0n) is 11.2. The summed E-state index contributed by atoms with van der Waals surface area (Å²) in [6, 6.07) is 0.210. The van der Waals surface area contributed by atoms with Gasteiger partial charge in [-0.05, 0) is 38.8 Å². The monoisotopic (exact) mass is 280 g/mol. The minimum Gasteiger partial charge on any atom is -0.382 e. The Morgan fingerprint density at radius 1 is 1.50 bits per heavy atom. The average Bonchev–Trinajstić information content (AvgIpc) is 2.36. The number of piperidine rings is 1. The average molecular weight is 281 g/mol. The number of amides is 1. The molecule has 2 unspecified atom stereocenters. The summed E-state index contributed by atoms with van der Waals surface area (Å²) in [6.07, 6.45) is 2.37. The first kappa shape index (κ1) is 17.6. The molecule has 1 fully saturated rings. The maximum absolute atomic E-state index is 11.6. The van der Waals surface area contributed by atoms with E-state index in [1.807, 2.05) is 0 Å². The van der Waals surface area contributed by atoms with Crippen molar-refractivity contribution < 1.29 is 14.3 Å². The van der Waals surface area contributed by atoms with Crippen LogP contribution < -0.4 is 10.6 Å². The summed E-state index contributed by atoms with van der Waals surface area (Å²) < 4.78 is 10.0. The highest BCUT2D eigenvalue weighted by molar-refractivity contribution is 5.85. The maximum atomic E-state index is 11.6. The molecule has 0 radical (unpaired) electrons. The number of carbonyl (C=O) groups is 1. The van der Waals surface area contributed by atoms with Crippen molar-refractivity contribution in [1.29, 1.82) is 0 Å². The first-order valence-corrected chi connectivity index (χ1v) is 6.30. The second-order valence-corrected chi connectivity index (χ2v) is 4.51. The summed E-state index contributed by atoms with van der Waals surface area (Å²) in [4.78, 5) is 11.6. The van der Waals surface area contributed by atoms with Crippen LogP contribution in [0.25, 0.3) is 0 Å². The fourth-order valence-electron chi connectivity index (χ4n) is 2.03. The van der Waals surface area contributed by atoms with Crippen molar-refractivity contribution in [3.05, 3.63) is 0 Å². The van der Waals surface area contributed by atoms with E-state index in [1.165, 1.54) is 12.8 Å². The first-order valence-electron chi connectivity index (χ1n) is 6.30. The molecule has 1 saturated heterocycles. The van der Waals surface area contributed by atoms with Crippen LogP contribution in [0.3, 0.4) is 0 Å². The van der Waals surface area contributed by atoms with E-state index >= 15 is 0 Å². The van der Waals surface area contributed by atoms with Crippen molar-refractivity contribution in [2.75, 3.05) is 40.0 Å². The van der Waals surface area contributed by atoms with Crippen molar-refractivity contribution in [3.63, 3.8) is 0 Å². The van der Waals surface area contributed by atoms with E-state index < -0.39 is 0 Å². The van der Waals surface area contributed by atoms with Gasteiger partial charge in [0.05, 0.1) is 13.2 Å². The Balaban J connectivity index is 0.00000289. The molecule has 1 amide bonds. The van der Waals surface area contributed by atoms with Gasteiger partial charge in [-0.15, -0.1) is 12.4 Å². The van der Waals surface area contributed by atoms with Gasteiger partial charge < -0.3 is 20.1 Å². The molecule has 0 spiro atoms. The van der Waals surface area contributed by atoms with Crippen LogP contribution in [-0.2, 0) is 14.3 Å². The van der Waals surface area contributed by atoms with Crippen molar-refractivity contribution in [2.24, 2.45) is 5.92 Å². The summed E-state index contributed by atoms with van der Waals surface area (Å²) in [7, 11) is 1.61. The van der Waals surface area contributed by atoms with Gasteiger partial charge in [-0.25, -0.2) is 0 Å². The molecule has 0 aromatic carbocycles. The Bertz CT molecular complexity index is 223. The summed E-state index contributed by atoms with van der Waals surface area (Å²) >= 11 is 0. The summed E-state index contributed by atoms with van der Waals surface area (Å²) in [5, 5.41) is 6.33. The molecule has 0 aliphatic carbocycles. The predicted molar refractivity (Wildman–Crippen MR) is 73.1 cm³/mol. The molecule has 1 heterocycles. The molecule has 0 bridgehead atoms. The third-order valence-corrected chi connectivity index (χ3v) is 3.10. The molecule has 18 heavy (non-hydrogen) atoms. The number of hydrogen-bond donors (Lipinski definition) is 2. The second-order valence-electron chi connectivity index (χ2n) is 4.51. The number of carbonyl (C=O) groups excluding carboxylic acids is 1. The zero-order chi connectivity index (χ0) is 12.5. The SMILES string of the molecule is COCCOCC(=O)NC(C)C1CCCNC1.Cl. The van der Waals surface area contributed by atoms with E-state index in [4.69, 9.17) is 9.47 Å². The highest BCUT2D eigenvalue weighted by Crippen LogP contribution is 2.13. The molecule has 6 heteroatoms.